The smallest absolute Gasteiger partial charge is 0.0469 e. The molecule has 1 saturated heterocycles. The van der Waals surface area contributed by atoms with E-state index in [2.05, 4.69) is 18.5 Å². The molecule has 1 aliphatic rings. The van der Waals surface area contributed by atoms with Crippen LogP contribution in [0.1, 0.15) is 19.8 Å². The second-order valence-electron chi connectivity index (χ2n) is 3.57. The van der Waals surface area contributed by atoms with Gasteiger partial charge in [-0.3, -0.25) is 0 Å². The third-order valence-electron chi connectivity index (χ3n) is 2.65. The van der Waals surface area contributed by atoms with Gasteiger partial charge in [-0.25, -0.2) is 0 Å². The van der Waals surface area contributed by atoms with Gasteiger partial charge in [-0.1, -0.05) is 6.92 Å². The highest BCUT2D eigenvalue weighted by Gasteiger charge is 2.22. The van der Waals surface area contributed by atoms with Crippen molar-refractivity contribution in [2.45, 2.75) is 25.8 Å². The quantitative estimate of drug-likeness (QED) is 0.735. The maximum absolute atomic E-state index is 5.37. The number of hydrogen-bond acceptors (Lipinski definition) is 3. The van der Waals surface area contributed by atoms with E-state index in [0.717, 1.165) is 25.7 Å². The van der Waals surface area contributed by atoms with Crippen molar-refractivity contribution in [2.24, 2.45) is 5.92 Å². The Morgan fingerprint density at radius 1 is 1.46 bits per heavy atom. The van der Waals surface area contributed by atoms with Gasteiger partial charge in [0, 0.05) is 25.0 Å². The minimum absolute atomic E-state index is 0.698. The van der Waals surface area contributed by atoms with Gasteiger partial charge in [0.1, 0.15) is 0 Å². The largest absolute Gasteiger partial charge is 0.381 e. The summed E-state index contributed by atoms with van der Waals surface area (Å²) >= 11 is 1.94. The number of hydrogen-bond donors (Lipinski definition) is 1. The number of rotatable bonds is 5. The van der Waals surface area contributed by atoms with Crippen LogP contribution in [0.2, 0.25) is 0 Å². The van der Waals surface area contributed by atoms with E-state index >= 15 is 0 Å². The zero-order valence-electron chi connectivity index (χ0n) is 8.71. The number of thioether (sulfide) groups is 1. The van der Waals surface area contributed by atoms with E-state index < -0.39 is 0 Å². The molecule has 0 saturated carbocycles. The van der Waals surface area contributed by atoms with Crippen LogP contribution < -0.4 is 5.32 Å². The summed E-state index contributed by atoms with van der Waals surface area (Å²) in [5.41, 5.74) is 0. The predicted molar refractivity (Wildman–Crippen MR) is 59.4 cm³/mol. The van der Waals surface area contributed by atoms with Gasteiger partial charge in [0.2, 0.25) is 0 Å². The van der Waals surface area contributed by atoms with Gasteiger partial charge in [0.15, 0.2) is 0 Å². The van der Waals surface area contributed by atoms with E-state index in [1.807, 2.05) is 11.8 Å². The summed E-state index contributed by atoms with van der Waals surface area (Å²) in [6, 6.07) is 0.698. The van der Waals surface area contributed by atoms with Gasteiger partial charge in [-0.15, -0.1) is 0 Å². The van der Waals surface area contributed by atoms with Crippen LogP contribution in [0, 0.1) is 5.92 Å². The van der Waals surface area contributed by atoms with Crippen LogP contribution in [0.15, 0.2) is 0 Å². The molecule has 0 bridgehead atoms. The first kappa shape index (κ1) is 11.3. The van der Waals surface area contributed by atoms with E-state index in [9.17, 15) is 0 Å². The number of ether oxygens (including phenoxy) is 1. The highest BCUT2D eigenvalue weighted by atomic mass is 32.2. The van der Waals surface area contributed by atoms with Crippen molar-refractivity contribution >= 4 is 11.8 Å². The van der Waals surface area contributed by atoms with Crippen molar-refractivity contribution in [1.29, 1.82) is 0 Å². The van der Waals surface area contributed by atoms with Crippen LogP contribution in [-0.2, 0) is 4.74 Å². The van der Waals surface area contributed by atoms with Crippen molar-refractivity contribution in [3.8, 4) is 0 Å². The van der Waals surface area contributed by atoms with Gasteiger partial charge in [-0.2, -0.15) is 11.8 Å². The van der Waals surface area contributed by atoms with Crippen LogP contribution in [0.5, 0.6) is 0 Å². The molecule has 0 radical (unpaired) electrons. The van der Waals surface area contributed by atoms with Gasteiger partial charge in [0.25, 0.3) is 0 Å². The Morgan fingerprint density at radius 2 is 2.15 bits per heavy atom. The first-order valence-electron chi connectivity index (χ1n) is 5.18. The number of nitrogens with one attached hydrogen (secondary N) is 1. The fraction of sp³-hybridized carbons (Fsp3) is 1.00. The molecule has 78 valence electrons. The fourth-order valence-electron chi connectivity index (χ4n) is 1.92. The van der Waals surface area contributed by atoms with Crippen molar-refractivity contribution in [1.82, 2.24) is 5.32 Å². The molecule has 1 rings (SSSR count). The predicted octanol–water partition coefficient (Wildman–Crippen LogP) is 1.75. The van der Waals surface area contributed by atoms with E-state index in [1.165, 1.54) is 18.6 Å². The summed E-state index contributed by atoms with van der Waals surface area (Å²) < 4.78 is 5.37. The van der Waals surface area contributed by atoms with Crippen molar-refractivity contribution in [3.63, 3.8) is 0 Å². The van der Waals surface area contributed by atoms with Crippen LogP contribution in [0.25, 0.3) is 0 Å². The van der Waals surface area contributed by atoms with Crippen LogP contribution in [0.4, 0.5) is 0 Å². The van der Waals surface area contributed by atoms with E-state index in [1.54, 1.807) is 0 Å². The Bertz CT molecular complexity index is 120. The summed E-state index contributed by atoms with van der Waals surface area (Å²) in [4.78, 5) is 0. The van der Waals surface area contributed by atoms with Crippen LogP contribution >= 0.6 is 11.8 Å². The molecular formula is C10H21NOS. The molecule has 1 atom stereocenters. The second-order valence-corrected chi connectivity index (χ2v) is 4.48. The highest BCUT2D eigenvalue weighted by molar-refractivity contribution is 7.98. The molecule has 13 heavy (non-hydrogen) atoms. The lowest BCUT2D eigenvalue weighted by molar-refractivity contribution is 0.0568. The molecule has 0 aliphatic carbocycles. The Hall–Kier alpha value is 0.270. The summed E-state index contributed by atoms with van der Waals surface area (Å²) in [5.74, 6) is 2.07. The van der Waals surface area contributed by atoms with Crippen LogP contribution in [0.3, 0.4) is 0 Å². The van der Waals surface area contributed by atoms with Gasteiger partial charge in [0.05, 0.1) is 0 Å². The van der Waals surface area contributed by atoms with Crippen molar-refractivity contribution < 1.29 is 4.74 Å². The third-order valence-corrected chi connectivity index (χ3v) is 3.34. The Labute approximate surface area is 85.8 Å². The first-order valence-corrected chi connectivity index (χ1v) is 6.58. The van der Waals surface area contributed by atoms with Crippen molar-refractivity contribution in [3.05, 3.63) is 0 Å². The monoisotopic (exact) mass is 203 g/mol. The van der Waals surface area contributed by atoms with Gasteiger partial charge >= 0.3 is 0 Å². The Balaban J connectivity index is 2.32. The van der Waals surface area contributed by atoms with E-state index in [0.29, 0.717) is 6.04 Å². The van der Waals surface area contributed by atoms with Gasteiger partial charge < -0.3 is 10.1 Å². The lowest BCUT2D eigenvalue weighted by Crippen LogP contribution is -2.40. The van der Waals surface area contributed by atoms with E-state index in [4.69, 9.17) is 4.74 Å². The second kappa shape index (κ2) is 6.68. The molecule has 1 N–H and O–H groups in total. The van der Waals surface area contributed by atoms with Crippen LogP contribution in [-0.4, -0.2) is 37.8 Å². The Kier molecular flexibility index (Phi) is 5.83. The molecular weight excluding hydrogens is 182 g/mol. The molecule has 1 unspecified atom stereocenters. The normalized spacial score (nSPS) is 21.7. The Morgan fingerprint density at radius 3 is 2.69 bits per heavy atom. The maximum atomic E-state index is 5.37. The topological polar surface area (TPSA) is 21.3 Å². The third kappa shape index (κ3) is 3.88. The molecule has 0 spiro atoms. The lowest BCUT2D eigenvalue weighted by Gasteiger charge is -2.30. The van der Waals surface area contributed by atoms with Gasteiger partial charge in [-0.05, 0) is 31.6 Å². The molecule has 3 heteroatoms. The zero-order valence-corrected chi connectivity index (χ0v) is 9.53. The maximum Gasteiger partial charge on any atom is 0.0469 e. The minimum atomic E-state index is 0.698. The fourth-order valence-corrected chi connectivity index (χ4v) is 2.67. The average molecular weight is 203 g/mol. The van der Waals surface area contributed by atoms with E-state index in [-0.39, 0.29) is 0 Å². The molecule has 0 amide bonds. The standard InChI is InChI=1S/C10H21NOS/c1-3-11-10(8-13-2)9-4-6-12-7-5-9/h9-11H,3-8H2,1-2H3. The summed E-state index contributed by atoms with van der Waals surface area (Å²) in [6.07, 6.45) is 4.65. The molecule has 1 aliphatic heterocycles. The summed E-state index contributed by atoms with van der Waals surface area (Å²) in [6.45, 7) is 5.19. The zero-order chi connectivity index (χ0) is 9.52. The average Bonchev–Trinajstić information content (AvgIpc) is 2.19. The minimum Gasteiger partial charge on any atom is -0.381 e. The lowest BCUT2D eigenvalue weighted by atomic mass is 9.93. The summed E-state index contributed by atoms with van der Waals surface area (Å²) in [7, 11) is 0. The molecule has 2 nitrogen and oxygen atoms in total. The SMILES string of the molecule is CCNC(CSC)C1CCOCC1. The first-order chi connectivity index (χ1) is 6.38. The molecule has 1 fully saturated rings. The molecule has 0 aromatic rings. The highest BCUT2D eigenvalue weighted by Crippen LogP contribution is 2.20. The molecule has 0 aromatic heterocycles. The van der Waals surface area contributed by atoms with Crippen molar-refractivity contribution in [2.75, 3.05) is 31.8 Å². The molecule has 0 aromatic carbocycles. The molecule has 1 heterocycles. The summed E-state index contributed by atoms with van der Waals surface area (Å²) in [5, 5.41) is 3.58.